The molecule has 3 rings (SSSR count). The van der Waals surface area contributed by atoms with Crippen molar-refractivity contribution in [3.63, 3.8) is 0 Å². The van der Waals surface area contributed by atoms with Gasteiger partial charge in [-0.2, -0.15) is 35.1 Å². The van der Waals surface area contributed by atoms with Crippen LogP contribution < -0.4 is 0 Å². The van der Waals surface area contributed by atoms with Crippen LogP contribution in [0.1, 0.15) is 11.3 Å². The first-order valence-corrected chi connectivity index (χ1v) is 7.47. The van der Waals surface area contributed by atoms with Crippen LogP contribution in [0.4, 0.5) is 39.5 Å². The molecule has 0 aliphatic heterocycles. The van der Waals surface area contributed by atoms with E-state index in [4.69, 9.17) is 11.6 Å². The lowest BCUT2D eigenvalue weighted by Crippen LogP contribution is -2.34. The summed E-state index contributed by atoms with van der Waals surface area (Å²) in [5, 5.41) is -0.867. The van der Waals surface area contributed by atoms with E-state index in [0.29, 0.717) is 6.07 Å². The molecular formula is C15H5ClF9N3. The van der Waals surface area contributed by atoms with E-state index in [1.807, 2.05) is 0 Å². The Kier molecular flexibility index (Phi) is 4.52. The topological polar surface area (TPSA) is 30.2 Å². The number of nitrogens with zero attached hydrogens (tertiary/aromatic N) is 3. The Morgan fingerprint density at radius 3 is 2.18 bits per heavy atom. The fourth-order valence-corrected chi connectivity index (χ4v) is 2.62. The van der Waals surface area contributed by atoms with Crippen LogP contribution in [0.15, 0.2) is 30.6 Å². The normalized spacial score (nSPS) is 13.4. The van der Waals surface area contributed by atoms with Crippen molar-refractivity contribution >= 4 is 17.2 Å². The lowest BCUT2D eigenvalue weighted by molar-refractivity contribution is -0.290. The number of fused-ring (bicyclic) bond motifs is 1. The van der Waals surface area contributed by atoms with Crippen molar-refractivity contribution in [1.82, 2.24) is 14.4 Å². The molecule has 13 heteroatoms. The molecule has 0 radical (unpaired) electrons. The van der Waals surface area contributed by atoms with Gasteiger partial charge in [0.1, 0.15) is 11.0 Å². The van der Waals surface area contributed by atoms with Crippen molar-refractivity contribution in [3.8, 4) is 11.3 Å². The SMILES string of the molecule is Fc1ccc(-c2cn3c(Cl)c(C(F)(F)F)nc3cn2)cc1C(F)(F)C(F)(F)F. The maximum Gasteiger partial charge on any atom is 0.458 e. The summed E-state index contributed by atoms with van der Waals surface area (Å²) >= 11 is 5.61. The molecule has 0 saturated carbocycles. The van der Waals surface area contributed by atoms with E-state index in [-0.39, 0.29) is 17.4 Å². The molecule has 1 aromatic carbocycles. The van der Waals surface area contributed by atoms with Crippen molar-refractivity contribution < 1.29 is 39.5 Å². The van der Waals surface area contributed by atoms with Gasteiger partial charge in [0.2, 0.25) is 0 Å². The van der Waals surface area contributed by atoms with Crippen LogP contribution in [0.25, 0.3) is 16.9 Å². The molecule has 0 aliphatic carbocycles. The lowest BCUT2D eigenvalue weighted by atomic mass is 10.0. The Bertz CT molecular complexity index is 1050. The highest BCUT2D eigenvalue weighted by Gasteiger charge is 2.60. The fraction of sp³-hybridized carbons (Fsp3) is 0.200. The third-order valence-electron chi connectivity index (χ3n) is 3.68. The number of hydrogen-bond donors (Lipinski definition) is 0. The van der Waals surface area contributed by atoms with Crippen molar-refractivity contribution in [2.75, 3.05) is 0 Å². The highest BCUT2D eigenvalue weighted by molar-refractivity contribution is 6.30. The standard InChI is InChI=1S/C15H5ClF9N3/c16-12-11(14(20,21)22)27-10-4-26-9(5-28(10)12)6-1-2-8(17)7(3-6)13(18,19)15(23,24)25/h1-5H. The van der Waals surface area contributed by atoms with Gasteiger partial charge in [0.15, 0.2) is 11.3 Å². The first-order chi connectivity index (χ1) is 12.7. The van der Waals surface area contributed by atoms with Gasteiger partial charge in [-0.05, 0) is 18.2 Å². The zero-order valence-corrected chi connectivity index (χ0v) is 13.8. The van der Waals surface area contributed by atoms with E-state index in [2.05, 4.69) is 9.97 Å². The minimum Gasteiger partial charge on any atom is -0.287 e. The number of rotatable bonds is 2. The van der Waals surface area contributed by atoms with Crippen LogP contribution in [0.5, 0.6) is 0 Å². The molecule has 2 heterocycles. The van der Waals surface area contributed by atoms with Gasteiger partial charge in [-0.1, -0.05) is 11.6 Å². The van der Waals surface area contributed by atoms with Gasteiger partial charge < -0.3 is 0 Å². The Morgan fingerprint density at radius 1 is 0.964 bits per heavy atom. The number of alkyl halides is 8. The third-order valence-corrected chi connectivity index (χ3v) is 4.04. The molecule has 0 N–H and O–H groups in total. The molecule has 28 heavy (non-hydrogen) atoms. The number of halogens is 10. The summed E-state index contributed by atoms with van der Waals surface area (Å²) in [6.45, 7) is 0. The van der Waals surface area contributed by atoms with Gasteiger partial charge in [0, 0.05) is 11.8 Å². The summed E-state index contributed by atoms with van der Waals surface area (Å²) in [5.74, 6) is -7.31. The van der Waals surface area contributed by atoms with E-state index in [9.17, 15) is 39.5 Å². The number of benzene rings is 1. The van der Waals surface area contributed by atoms with Gasteiger partial charge in [-0.25, -0.2) is 9.37 Å². The van der Waals surface area contributed by atoms with Gasteiger partial charge in [0.25, 0.3) is 0 Å². The molecule has 0 spiro atoms. The molecule has 0 fully saturated rings. The molecule has 0 saturated heterocycles. The van der Waals surface area contributed by atoms with E-state index in [0.717, 1.165) is 22.9 Å². The molecular weight excluding hydrogens is 429 g/mol. The summed E-state index contributed by atoms with van der Waals surface area (Å²) in [7, 11) is 0. The Hall–Kier alpha value is -2.50. The quantitative estimate of drug-likeness (QED) is 0.474. The maximum absolute atomic E-state index is 13.6. The van der Waals surface area contributed by atoms with Crippen molar-refractivity contribution in [2.45, 2.75) is 18.3 Å². The van der Waals surface area contributed by atoms with Crippen LogP contribution in [0, 0.1) is 5.82 Å². The highest BCUT2D eigenvalue weighted by Crippen LogP contribution is 2.45. The predicted molar refractivity (Wildman–Crippen MR) is 78.3 cm³/mol. The first kappa shape index (κ1) is 20.2. The third kappa shape index (κ3) is 3.25. The van der Waals surface area contributed by atoms with E-state index in [1.165, 1.54) is 0 Å². The molecule has 0 bridgehead atoms. The average Bonchev–Trinajstić information content (AvgIpc) is 2.91. The average molecular weight is 434 g/mol. The zero-order valence-electron chi connectivity index (χ0n) is 13.0. The van der Waals surface area contributed by atoms with E-state index >= 15 is 0 Å². The second kappa shape index (κ2) is 6.26. The van der Waals surface area contributed by atoms with E-state index in [1.54, 1.807) is 0 Å². The Labute approximate surface area is 154 Å². The van der Waals surface area contributed by atoms with Gasteiger partial charge in [0.05, 0.1) is 17.5 Å². The van der Waals surface area contributed by atoms with Gasteiger partial charge >= 0.3 is 18.3 Å². The fourth-order valence-electron chi connectivity index (χ4n) is 2.33. The Morgan fingerprint density at radius 2 is 1.61 bits per heavy atom. The van der Waals surface area contributed by atoms with Crippen LogP contribution in [0.2, 0.25) is 5.15 Å². The molecule has 3 nitrogen and oxygen atoms in total. The second-order valence-electron chi connectivity index (χ2n) is 5.52. The Balaban J connectivity index is 2.16. The van der Waals surface area contributed by atoms with Crippen LogP contribution in [-0.4, -0.2) is 20.5 Å². The summed E-state index contributed by atoms with van der Waals surface area (Å²) in [6, 6.07) is 1.42. The number of imidazole rings is 1. The van der Waals surface area contributed by atoms with Crippen molar-refractivity contribution in [3.05, 3.63) is 52.8 Å². The molecule has 0 atom stereocenters. The van der Waals surface area contributed by atoms with Gasteiger partial charge in [-0.3, -0.25) is 9.38 Å². The minimum atomic E-state index is -6.06. The monoisotopic (exact) mass is 433 g/mol. The minimum absolute atomic E-state index is 0.215. The smallest absolute Gasteiger partial charge is 0.287 e. The number of aromatic nitrogens is 3. The molecule has 0 aliphatic rings. The van der Waals surface area contributed by atoms with Crippen molar-refractivity contribution in [1.29, 1.82) is 0 Å². The van der Waals surface area contributed by atoms with Crippen LogP contribution >= 0.6 is 11.6 Å². The first-order valence-electron chi connectivity index (χ1n) is 7.09. The predicted octanol–water partition coefficient (Wildman–Crippen LogP) is 5.86. The molecule has 0 amide bonds. The molecule has 2 aromatic heterocycles. The summed E-state index contributed by atoms with van der Waals surface area (Å²) < 4.78 is 118. The highest BCUT2D eigenvalue weighted by atomic mass is 35.5. The van der Waals surface area contributed by atoms with Crippen LogP contribution in [0.3, 0.4) is 0 Å². The molecule has 0 unspecified atom stereocenters. The summed E-state index contributed by atoms with van der Waals surface area (Å²) in [5.41, 5.74) is -4.46. The van der Waals surface area contributed by atoms with Crippen LogP contribution in [-0.2, 0) is 12.1 Å². The largest absolute Gasteiger partial charge is 0.458 e. The molecule has 150 valence electrons. The zero-order chi connectivity index (χ0) is 21.1. The molecule has 3 aromatic rings. The number of hydrogen-bond acceptors (Lipinski definition) is 2. The van der Waals surface area contributed by atoms with E-state index < -0.39 is 46.1 Å². The summed E-state index contributed by atoms with van der Waals surface area (Å²) in [4.78, 5) is 6.91. The lowest BCUT2D eigenvalue weighted by Gasteiger charge is -2.21. The van der Waals surface area contributed by atoms with Crippen molar-refractivity contribution in [2.24, 2.45) is 0 Å². The second-order valence-corrected chi connectivity index (χ2v) is 5.87. The maximum atomic E-state index is 13.6. The van der Waals surface area contributed by atoms with Gasteiger partial charge in [-0.15, -0.1) is 0 Å². The summed E-state index contributed by atoms with van der Waals surface area (Å²) in [6.07, 6.45) is -9.29.